The smallest absolute Gasteiger partial charge is 0.242 e. The summed E-state index contributed by atoms with van der Waals surface area (Å²) in [6, 6.07) is 22.6. The third-order valence-electron chi connectivity index (χ3n) is 6.08. The summed E-state index contributed by atoms with van der Waals surface area (Å²) in [5, 5.41) is 0.178. The number of hydrogen-bond acceptors (Lipinski definition) is 6. The zero-order valence-corrected chi connectivity index (χ0v) is 21.2. The van der Waals surface area contributed by atoms with Crippen molar-refractivity contribution in [2.45, 2.75) is 24.1 Å². The summed E-state index contributed by atoms with van der Waals surface area (Å²) in [7, 11) is -7.59. The fraction of sp³-hybridized carbons (Fsp3) is 0.154. The highest BCUT2D eigenvalue weighted by molar-refractivity contribution is 7.92. The number of aromatic nitrogens is 2. The normalized spacial score (nSPS) is 18.3. The van der Waals surface area contributed by atoms with E-state index in [9.17, 15) is 21.6 Å². The number of H-pyrrole nitrogens is 1. The number of imidazole rings is 1. The van der Waals surface area contributed by atoms with Crippen LogP contribution in [0.4, 0.5) is 0 Å². The van der Waals surface area contributed by atoms with Gasteiger partial charge in [0.05, 0.1) is 23.5 Å². The van der Waals surface area contributed by atoms with Gasteiger partial charge in [-0.05, 0) is 41.3 Å². The number of nitrogens with one attached hydrogen (secondary N) is 3. The Kier molecular flexibility index (Phi) is 6.67. The first kappa shape index (κ1) is 24.9. The molecular weight excluding hydrogens is 512 g/mol. The lowest BCUT2D eigenvalue weighted by atomic mass is 10.0. The summed E-state index contributed by atoms with van der Waals surface area (Å²) >= 11 is 0. The van der Waals surface area contributed by atoms with Crippen LogP contribution in [0.5, 0.6) is 0 Å². The molecule has 37 heavy (non-hydrogen) atoms. The number of amides is 1. The summed E-state index contributed by atoms with van der Waals surface area (Å²) < 4.78 is 55.1. The fourth-order valence-electron chi connectivity index (χ4n) is 4.25. The van der Waals surface area contributed by atoms with Crippen molar-refractivity contribution in [2.75, 3.05) is 0 Å². The third kappa shape index (κ3) is 5.79. The van der Waals surface area contributed by atoms with E-state index in [2.05, 4.69) is 14.7 Å². The van der Waals surface area contributed by atoms with Gasteiger partial charge in [0, 0.05) is 5.41 Å². The van der Waals surface area contributed by atoms with Crippen molar-refractivity contribution >= 4 is 43.1 Å². The predicted molar refractivity (Wildman–Crippen MR) is 141 cm³/mol. The number of carbonyl (C=O) groups is 1. The lowest BCUT2D eigenvalue weighted by molar-refractivity contribution is -0.118. The van der Waals surface area contributed by atoms with Crippen LogP contribution in [-0.2, 0) is 31.3 Å². The molecule has 9 nitrogen and oxygen atoms in total. The number of rotatable bonds is 8. The topological polar surface area (TPSA) is 138 Å². The molecule has 1 unspecified atom stereocenters. The summed E-state index contributed by atoms with van der Waals surface area (Å²) in [6.45, 7) is 0. The average Bonchev–Trinajstić information content (AvgIpc) is 3.43. The quantitative estimate of drug-likeness (QED) is 0.316. The lowest BCUT2D eigenvalue weighted by Crippen LogP contribution is -2.29. The molecule has 2 heterocycles. The Morgan fingerprint density at radius 2 is 1.70 bits per heavy atom. The molecule has 0 aliphatic carbocycles. The van der Waals surface area contributed by atoms with E-state index < -0.39 is 37.2 Å². The monoisotopic (exact) mass is 536 g/mol. The fourth-order valence-corrected chi connectivity index (χ4v) is 6.69. The van der Waals surface area contributed by atoms with Gasteiger partial charge in [-0.3, -0.25) is 9.52 Å². The number of para-hydroxylation sites is 2. The van der Waals surface area contributed by atoms with Crippen LogP contribution < -0.4 is 9.44 Å². The van der Waals surface area contributed by atoms with Crippen LogP contribution in [-0.4, -0.2) is 32.7 Å². The van der Waals surface area contributed by atoms with Gasteiger partial charge in [0.2, 0.25) is 26.0 Å². The Balaban J connectivity index is 1.42. The SMILES string of the molecule is O=C1CC(c2ccc(C[C@H](NS(=O)(=O)/C=C/c3ccccc3)c3nc4ccccc4[nH]3)cc2)S(=O)(=O)N1. The van der Waals surface area contributed by atoms with E-state index in [4.69, 9.17) is 0 Å². The van der Waals surface area contributed by atoms with Gasteiger partial charge in [0.25, 0.3) is 0 Å². The van der Waals surface area contributed by atoms with Crippen LogP contribution in [0.3, 0.4) is 0 Å². The van der Waals surface area contributed by atoms with Gasteiger partial charge in [0.15, 0.2) is 0 Å². The first-order valence-electron chi connectivity index (χ1n) is 11.5. The summed E-state index contributed by atoms with van der Waals surface area (Å²) in [5.41, 5.74) is 3.49. The van der Waals surface area contributed by atoms with E-state index in [0.29, 0.717) is 16.9 Å². The molecule has 1 aliphatic rings. The molecule has 1 amide bonds. The van der Waals surface area contributed by atoms with Gasteiger partial charge < -0.3 is 4.98 Å². The van der Waals surface area contributed by atoms with Crippen molar-refractivity contribution in [2.24, 2.45) is 0 Å². The Labute approximate surface area is 214 Å². The molecule has 11 heteroatoms. The Morgan fingerprint density at radius 3 is 2.38 bits per heavy atom. The van der Waals surface area contributed by atoms with Crippen LogP contribution in [0.25, 0.3) is 17.1 Å². The van der Waals surface area contributed by atoms with Crippen LogP contribution in [0.2, 0.25) is 0 Å². The van der Waals surface area contributed by atoms with E-state index in [-0.39, 0.29) is 12.8 Å². The highest BCUT2D eigenvalue weighted by Gasteiger charge is 2.37. The third-order valence-corrected chi connectivity index (χ3v) is 8.88. The van der Waals surface area contributed by atoms with Crippen molar-refractivity contribution in [3.8, 4) is 0 Å². The van der Waals surface area contributed by atoms with Crippen molar-refractivity contribution in [1.82, 2.24) is 19.4 Å². The molecule has 0 spiro atoms. The molecule has 1 saturated heterocycles. The highest BCUT2D eigenvalue weighted by atomic mass is 32.2. The van der Waals surface area contributed by atoms with E-state index in [0.717, 1.165) is 22.1 Å². The van der Waals surface area contributed by atoms with E-state index in [1.807, 2.05) is 47.2 Å². The minimum Gasteiger partial charge on any atom is -0.341 e. The van der Waals surface area contributed by atoms with Gasteiger partial charge in [0.1, 0.15) is 11.1 Å². The molecule has 2 atom stereocenters. The summed E-state index contributed by atoms with van der Waals surface area (Å²) in [6.07, 6.45) is 1.65. The number of fused-ring (bicyclic) bond motifs is 1. The molecule has 5 rings (SSSR count). The maximum atomic E-state index is 13.0. The molecule has 1 aliphatic heterocycles. The second kappa shape index (κ2) is 9.92. The Morgan fingerprint density at radius 1 is 1.00 bits per heavy atom. The molecule has 0 saturated carbocycles. The van der Waals surface area contributed by atoms with Crippen molar-refractivity contribution in [3.63, 3.8) is 0 Å². The second-order valence-corrected chi connectivity index (χ2v) is 12.2. The lowest BCUT2D eigenvalue weighted by Gasteiger charge is -2.16. The van der Waals surface area contributed by atoms with Gasteiger partial charge in [-0.15, -0.1) is 0 Å². The Bertz CT molecular complexity index is 1650. The first-order valence-corrected chi connectivity index (χ1v) is 14.6. The maximum Gasteiger partial charge on any atom is 0.242 e. The van der Waals surface area contributed by atoms with Crippen molar-refractivity contribution in [3.05, 3.63) is 107 Å². The van der Waals surface area contributed by atoms with Crippen LogP contribution in [0.1, 0.15) is 40.2 Å². The standard InChI is InChI=1S/C26H24N4O5S2/c31-25-17-24(37(34,35)30-25)20-12-10-19(11-13-20)16-23(26-27-21-8-4-5-9-22(21)28-26)29-36(32,33)15-14-18-6-2-1-3-7-18/h1-15,23-24,29H,16-17H2,(H,27,28)(H,30,31)/b15-14+/t23-,24?/m0/s1. The number of nitrogens with zero attached hydrogens (tertiary/aromatic N) is 1. The largest absolute Gasteiger partial charge is 0.341 e. The summed E-state index contributed by atoms with van der Waals surface area (Å²) in [5.74, 6) is -0.0767. The predicted octanol–water partition coefficient (Wildman–Crippen LogP) is 3.33. The molecule has 1 aromatic heterocycles. The zero-order valence-electron chi connectivity index (χ0n) is 19.5. The van der Waals surface area contributed by atoms with Gasteiger partial charge in [-0.2, -0.15) is 0 Å². The first-order chi connectivity index (χ1) is 17.7. The van der Waals surface area contributed by atoms with E-state index in [1.54, 1.807) is 36.4 Å². The van der Waals surface area contributed by atoms with Crippen LogP contribution in [0.15, 0.2) is 84.3 Å². The Hall–Kier alpha value is -3.80. The maximum absolute atomic E-state index is 13.0. The molecular formula is C26H24N4O5S2. The van der Waals surface area contributed by atoms with E-state index in [1.165, 1.54) is 6.08 Å². The molecule has 3 aromatic carbocycles. The molecule has 190 valence electrons. The number of aromatic amines is 1. The zero-order chi connectivity index (χ0) is 26.0. The van der Waals surface area contributed by atoms with Crippen LogP contribution in [0, 0.1) is 0 Å². The van der Waals surface area contributed by atoms with Gasteiger partial charge in [-0.1, -0.05) is 66.7 Å². The number of hydrogen-bond donors (Lipinski definition) is 3. The second-order valence-electron chi connectivity index (χ2n) is 8.78. The molecule has 0 radical (unpaired) electrons. The molecule has 1 fully saturated rings. The van der Waals surface area contributed by atoms with E-state index >= 15 is 0 Å². The van der Waals surface area contributed by atoms with Crippen LogP contribution >= 0.6 is 0 Å². The minimum absolute atomic E-state index is 0.128. The van der Waals surface area contributed by atoms with Gasteiger partial charge in [-0.25, -0.2) is 26.5 Å². The number of carbonyl (C=O) groups excluding carboxylic acids is 1. The average molecular weight is 537 g/mol. The molecule has 3 N–H and O–H groups in total. The number of sulfonamides is 2. The molecule has 4 aromatic rings. The minimum atomic E-state index is -3.84. The summed E-state index contributed by atoms with van der Waals surface area (Å²) in [4.78, 5) is 19.4. The van der Waals surface area contributed by atoms with Crippen molar-refractivity contribution in [1.29, 1.82) is 0 Å². The highest BCUT2D eigenvalue weighted by Crippen LogP contribution is 2.30. The van der Waals surface area contributed by atoms with Crippen molar-refractivity contribution < 1.29 is 21.6 Å². The van der Waals surface area contributed by atoms with Gasteiger partial charge >= 0.3 is 0 Å². The number of benzene rings is 3. The molecule has 0 bridgehead atoms.